The van der Waals surface area contributed by atoms with Gasteiger partial charge in [-0.1, -0.05) is 23.7 Å². The fraction of sp³-hybridized carbons (Fsp3) is 0.190. The summed E-state index contributed by atoms with van der Waals surface area (Å²) >= 11 is 6.24. The van der Waals surface area contributed by atoms with Crippen molar-refractivity contribution in [2.45, 2.75) is 0 Å². The first-order valence-electron chi connectivity index (χ1n) is 8.94. The van der Waals surface area contributed by atoms with E-state index in [1.165, 1.54) is 19.1 Å². The summed E-state index contributed by atoms with van der Waals surface area (Å²) < 4.78 is 21.0. The number of ether oxygens (including phenoxy) is 3. The van der Waals surface area contributed by atoms with E-state index in [-0.39, 0.29) is 24.6 Å². The van der Waals surface area contributed by atoms with Gasteiger partial charge in [-0.25, -0.2) is 14.6 Å². The van der Waals surface area contributed by atoms with Crippen LogP contribution in [0.1, 0.15) is 0 Å². The van der Waals surface area contributed by atoms with Crippen LogP contribution in [0, 0.1) is 0 Å². The lowest BCUT2D eigenvalue weighted by molar-refractivity contribution is -0.140. The first-order chi connectivity index (χ1) is 14.5. The quantitative estimate of drug-likeness (QED) is 0.583. The zero-order valence-corrected chi connectivity index (χ0v) is 16.9. The monoisotopic (exact) mass is 428 g/mol. The minimum atomic E-state index is -0.673. The first-order valence-corrected chi connectivity index (χ1v) is 9.32. The Balaban J connectivity index is 1.79. The van der Waals surface area contributed by atoms with E-state index in [0.717, 1.165) is 0 Å². The Labute approximate surface area is 176 Å². The molecule has 0 spiro atoms. The molecule has 1 aliphatic rings. The van der Waals surface area contributed by atoms with Crippen LogP contribution in [0.15, 0.2) is 58.2 Å². The Morgan fingerprint density at radius 3 is 2.60 bits per heavy atom. The maximum Gasteiger partial charge on any atom is 0.355 e. The number of esters is 2. The van der Waals surface area contributed by atoms with Crippen LogP contribution in [0.2, 0.25) is 5.02 Å². The van der Waals surface area contributed by atoms with Gasteiger partial charge in [0.15, 0.2) is 5.58 Å². The molecule has 0 saturated heterocycles. The number of hydrogen-bond donors (Lipinski definition) is 0. The Kier molecular flexibility index (Phi) is 5.43. The normalized spacial score (nSPS) is 14.2. The van der Waals surface area contributed by atoms with E-state index < -0.39 is 11.9 Å². The molecule has 3 aromatic rings. The SMILES string of the molecule is COC(=O)C1=C(C(=O)OC)N(c2ccc3nc(-c4ccccc4Cl)oc3c2)COC1. The van der Waals surface area contributed by atoms with Crippen LogP contribution in [0.5, 0.6) is 0 Å². The Morgan fingerprint density at radius 1 is 1.10 bits per heavy atom. The topological polar surface area (TPSA) is 91.1 Å². The van der Waals surface area contributed by atoms with Crippen molar-refractivity contribution in [3.05, 3.63) is 58.8 Å². The summed E-state index contributed by atoms with van der Waals surface area (Å²) in [6.45, 7) is -0.0171. The number of oxazole rings is 1. The second-order valence-corrected chi connectivity index (χ2v) is 6.77. The van der Waals surface area contributed by atoms with Gasteiger partial charge in [0.25, 0.3) is 0 Å². The van der Waals surface area contributed by atoms with E-state index in [1.54, 1.807) is 24.3 Å². The molecule has 2 aromatic carbocycles. The molecule has 2 heterocycles. The minimum absolute atomic E-state index is 0.0436. The second kappa shape index (κ2) is 8.17. The molecule has 0 amide bonds. The van der Waals surface area contributed by atoms with Gasteiger partial charge >= 0.3 is 11.9 Å². The Bertz CT molecular complexity index is 1170. The van der Waals surface area contributed by atoms with Gasteiger partial charge in [0.05, 0.1) is 37.0 Å². The number of rotatable bonds is 4. The van der Waals surface area contributed by atoms with Gasteiger partial charge in [-0.05, 0) is 24.3 Å². The van der Waals surface area contributed by atoms with Gasteiger partial charge in [0.2, 0.25) is 5.89 Å². The van der Waals surface area contributed by atoms with Crippen LogP contribution >= 0.6 is 11.6 Å². The summed E-state index contributed by atoms with van der Waals surface area (Å²) in [6, 6.07) is 12.4. The second-order valence-electron chi connectivity index (χ2n) is 6.37. The zero-order chi connectivity index (χ0) is 21.3. The van der Waals surface area contributed by atoms with Gasteiger partial charge < -0.3 is 23.5 Å². The molecule has 0 aliphatic carbocycles. The van der Waals surface area contributed by atoms with Gasteiger partial charge in [-0.3, -0.25) is 0 Å². The summed E-state index contributed by atoms with van der Waals surface area (Å²) in [5, 5.41) is 0.521. The Hall–Kier alpha value is -3.36. The lowest BCUT2D eigenvalue weighted by atomic mass is 10.1. The van der Waals surface area contributed by atoms with Crippen molar-refractivity contribution >= 4 is 40.3 Å². The van der Waals surface area contributed by atoms with Crippen LogP contribution in [-0.4, -0.2) is 44.5 Å². The van der Waals surface area contributed by atoms with E-state index in [4.69, 9.17) is 30.2 Å². The van der Waals surface area contributed by atoms with Gasteiger partial charge in [-0.2, -0.15) is 0 Å². The number of carbonyl (C=O) groups is 2. The predicted octanol–water partition coefficient (Wildman–Crippen LogP) is 3.54. The minimum Gasteiger partial charge on any atom is -0.466 e. The van der Waals surface area contributed by atoms with E-state index in [1.807, 2.05) is 18.2 Å². The molecule has 30 heavy (non-hydrogen) atoms. The maximum absolute atomic E-state index is 12.4. The number of benzene rings is 2. The smallest absolute Gasteiger partial charge is 0.355 e. The molecule has 0 bridgehead atoms. The molecule has 154 valence electrons. The summed E-state index contributed by atoms with van der Waals surface area (Å²) in [5.41, 5.74) is 2.46. The van der Waals surface area contributed by atoms with Gasteiger partial charge in [-0.15, -0.1) is 0 Å². The third kappa shape index (κ3) is 3.51. The van der Waals surface area contributed by atoms with Crippen molar-refractivity contribution in [2.24, 2.45) is 0 Å². The van der Waals surface area contributed by atoms with Crippen LogP contribution in [-0.2, 0) is 23.8 Å². The fourth-order valence-corrected chi connectivity index (χ4v) is 3.39. The van der Waals surface area contributed by atoms with Crippen molar-refractivity contribution in [2.75, 3.05) is 32.5 Å². The van der Waals surface area contributed by atoms with Crippen molar-refractivity contribution < 1.29 is 28.2 Å². The molecule has 8 nitrogen and oxygen atoms in total. The van der Waals surface area contributed by atoms with Gasteiger partial charge in [0.1, 0.15) is 17.9 Å². The van der Waals surface area contributed by atoms with Crippen molar-refractivity contribution in [3.8, 4) is 11.5 Å². The molecule has 1 aromatic heterocycles. The van der Waals surface area contributed by atoms with Crippen molar-refractivity contribution in [1.82, 2.24) is 4.98 Å². The number of carbonyl (C=O) groups excluding carboxylic acids is 2. The average molecular weight is 429 g/mol. The highest BCUT2D eigenvalue weighted by atomic mass is 35.5. The lowest BCUT2D eigenvalue weighted by Crippen LogP contribution is -2.38. The summed E-state index contributed by atoms with van der Waals surface area (Å²) in [6.07, 6.45) is 0. The molecule has 0 saturated carbocycles. The highest BCUT2D eigenvalue weighted by Gasteiger charge is 2.32. The number of anilines is 1. The average Bonchev–Trinajstić information content (AvgIpc) is 3.20. The third-order valence-corrected chi connectivity index (χ3v) is 4.95. The van der Waals surface area contributed by atoms with Crippen molar-refractivity contribution in [3.63, 3.8) is 0 Å². The Morgan fingerprint density at radius 2 is 1.87 bits per heavy atom. The zero-order valence-electron chi connectivity index (χ0n) is 16.2. The summed E-state index contributed by atoms with van der Waals surface area (Å²) in [5.74, 6) is -0.961. The standard InChI is InChI=1S/C21H17ClN2O6/c1-27-20(25)14-10-29-11-24(18(14)21(26)28-2)12-7-8-16-17(9-12)30-19(23-16)13-5-3-4-6-15(13)22/h3-9H,10-11H2,1-2H3. The number of hydrogen-bond acceptors (Lipinski definition) is 8. The van der Waals surface area contributed by atoms with Crippen LogP contribution in [0.4, 0.5) is 5.69 Å². The molecular formula is C21H17ClN2O6. The molecule has 0 N–H and O–H groups in total. The van der Waals surface area contributed by atoms with Gasteiger partial charge in [0, 0.05) is 11.8 Å². The number of methoxy groups -OCH3 is 2. The number of halogens is 1. The van der Waals surface area contributed by atoms with E-state index >= 15 is 0 Å². The largest absolute Gasteiger partial charge is 0.466 e. The molecule has 4 rings (SSSR count). The fourth-order valence-electron chi connectivity index (χ4n) is 3.18. The lowest BCUT2D eigenvalue weighted by Gasteiger charge is -2.31. The number of fused-ring (bicyclic) bond motifs is 1. The molecule has 1 aliphatic heterocycles. The van der Waals surface area contributed by atoms with Crippen LogP contribution < -0.4 is 4.90 Å². The highest BCUT2D eigenvalue weighted by molar-refractivity contribution is 6.33. The van der Waals surface area contributed by atoms with E-state index in [9.17, 15) is 9.59 Å². The first kappa shape index (κ1) is 19.9. The molecular weight excluding hydrogens is 412 g/mol. The molecule has 0 fully saturated rings. The number of aromatic nitrogens is 1. The van der Waals surface area contributed by atoms with Crippen molar-refractivity contribution in [1.29, 1.82) is 0 Å². The van der Waals surface area contributed by atoms with E-state index in [2.05, 4.69) is 4.98 Å². The van der Waals surface area contributed by atoms with E-state index in [0.29, 0.717) is 33.3 Å². The molecule has 0 atom stereocenters. The summed E-state index contributed by atoms with van der Waals surface area (Å²) in [7, 11) is 2.48. The third-order valence-electron chi connectivity index (χ3n) is 4.62. The van der Waals surface area contributed by atoms with Crippen LogP contribution in [0.25, 0.3) is 22.6 Å². The molecule has 0 unspecified atom stereocenters. The number of nitrogens with zero attached hydrogens (tertiary/aromatic N) is 2. The van der Waals surface area contributed by atoms with Crippen LogP contribution in [0.3, 0.4) is 0 Å². The predicted molar refractivity (Wildman–Crippen MR) is 109 cm³/mol. The molecule has 9 heteroatoms. The highest BCUT2D eigenvalue weighted by Crippen LogP contribution is 2.33. The maximum atomic E-state index is 12.4. The summed E-state index contributed by atoms with van der Waals surface area (Å²) in [4.78, 5) is 30.6. The molecule has 0 radical (unpaired) electrons.